The van der Waals surface area contributed by atoms with Crippen LogP contribution in [0.1, 0.15) is 36.2 Å². The van der Waals surface area contributed by atoms with Gasteiger partial charge in [0.25, 0.3) is 0 Å². The minimum atomic E-state index is -0.313. The third kappa shape index (κ3) is 1.94. The molecule has 2 rings (SSSR count). The summed E-state index contributed by atoms with van der Waals surface area (Å²) in [5, 5.41) is 0. The van der Waals surface area contributed by atoms with Crippen LogP contribution in [0.15, 0.2) is 18.2 Å². The highest BCUT2D eigenvalue weighted by molar-refractivity contribution is 6.02. The molecule has 1 aromatic carbocycles. The number of benzene rings is 1. The normalized spacial score (nSPS) is 19.7. The molecule has 0 saturated heterocycles. The Morgan fingerprint density at radius 1 is 1.47 bits per heavy atom. The second-order valence-electron chi connectivity index (χ2n) is 4.70. The Morgan fingerprint density at radius 3 is 2.87 bits per heavy atom. The van der Waals surface area contributed by atoms with Crippen molar-refractivity contribution in [1.82, 2.24) is 0 Å². The molecule has 0 N–H and O–H groups in total. The molecule has 0 saturated carbocycles. The van der Waals surface area contributed by atoms with Gasteiger partial charge in [0, 0.05) is 11.5 Å². The fourth-order valence-electron chi connectivity index (χ4n) is 2.29. The smallest absolute Gasteiger partial charge is 0.166 e. The Kier molecular flexibility index (Phi) is 2.59. The van der Waals surface area contributed by atoms with E-state index in [-0.39, 0.29) is 17.5 Å². The summed E-state index contributed by atoms with van der Waals surface area (Å²) in [6.45, 7) is 4.22. The Balaban J connectivity index is 2.26. The van der Waals surface area contributed by atoms with Gasteiger partial charge in [0.05, 0.1) is 0 Å². The van der Waals surface area contributed by atoms with E-state index in [1.807, 2.05) is 0 Å². The van der Waals surface area contributed by atoms with E-state index in [4.69, 9.17) is 0 Å². The molecule has 0 aromatic heterocycles. The average Bonchev–Trinajstić information content (AvgIpc) is 2.44. The van der Waals surface area contributed by atoms with Crippen LogP contribution in [0.2, 0.25) is 0 Å². The number of Topliss-reactive ketones (excluding diaryl/α,β-unsaturated/α-hetero) is 1. The third-order valence-electron chi connectivity index (χ3n) is 2.93. The van der Waals surface area contributed by atoms with E-state index in [2.05, 4.69) is 13.8 Å². The lowest BCUT2D eigenvalue weighted by Crippen LogP contribution is -2.11. The first-order chi connectivity index (χ1) is 7.08. The van der Waals surface area contributed by atoms with Crippen LogP contribution in [0.5, 0.6) is 0 Å². The highest BCUT2D eigenvalue weighted by Crippen LogP contribution is 2.31. The lowest BCUT2D eigenvalue weighted by Gasteiger charge is -2.09. The molecule has 15 heavy (non-hydrogen) atoms. The van der Waals surface area contributed by atoms with Gasteiger partial charge < -0.3 is 0 Å². The molecular weight excluding hydrogens is 191 g/mol. The summed E-state index contributed by atoms with van der Waals surface area (Å²) >= 11 is 0. The second-order valence-corrected chi connectivity index (χ2v) is 4.70. The van der Waals surface area contributed by atoms with Crippen LogP contribution < -0.4 is 0 Å². The maximum atomic E-state index is 13.0. The summed E-state index contributed by atoms with van der Waals surface area (Å²) in [5.74, 6) is 0.394. The molecule has 0 aliphatic heterocycles. The Morgan fingerprint density at radius 2 is 2.20 bits per heavy atom. The maximum absolute atomic E-state index is 13.0. The summed E-state index contributed by atoms with van der Waals surface area (Å²) < 4.78 is 13.0. The molecule has 0 bridgehead atoms. The standard InChI is InChI=1S/C13H15FO/c1-8(2)5-10-6-9-3-4-11(14)7-12(9)13(10)15/h3-4,7-8,10H,5-6H2,1-2H3. The van der Waals surface area contributed by atoms with Gasteiger partial charge in [-0.1, -0.05) is 19.9 Å². The zero-order valence-corrected chi connectivity index (χ0v) is 9.09. The van der Waals surface area contributed by atoms with Gasteiger partial charge in [-0.05, 0) is 36.5 Å². The van der Waals surface area contributed by atoms with Crippen LogP contribution in [-0.2, 0) is 6.42 Å². The van der Waals surface area contributed by atoms with Crippen LogP contribution in [0.3, 0.4) is 0 Å². The van der Waals surface area contributed by atoms with Crippen LogP contribution in [0.25, 0.3) is 0 Å². The summed E-state index contributed by atoms with van der Waals surface area (Å²) in [6, 6.07) is 4.55. The summed E-state index contributed by atoms with van der Waals surface area (Å²) in [4.78, 5) is 11.9. The molecule has 0 amide bonds. The van der Waals surface area contributed by atoms with E-state index in [9.17, 15) is 9.18 Å². The first-order valence-corrected chi connectivity index (χ1v) is 5.40. The molecule has 0 fully saturated rings. The summed E-state index contributed by atoms with van der Waals surface area (Å²) in [5.41, 5.74) is 1.60. The van der Waals surface area contributed by atoms with E-state index < -0.39 is 0 Å². The van der Waals surface area contributed by atoms with Crippen molar-refractivity contribution in [1.29, 1.82) is 0 Å². The molecular formula is C13H15FO. The quantitative estimate of drug-likeness (QED) is 0.726. The topological polar surface area (TPSA) is 17.1 Å². The van der Waals surface area contributed by atoms with Gasteiger partial charge in [-0.3, -0.25) is 4.79 Å². The SMILES string of the molecule is CC(C)CC1Cc2ccc(F)cc2C1=O. The average molecular weight is 206 g/mol. The second kappa shape index (κ2) is 3.76. The lowest BCUT2D eigenvalue weighted by atomic mass is 9.94. The summed E-state index contributed by atoms with van der Waals surface area (Å²) in [6.07, 6.45) is 1.68. The molecule has 2 heteroatoms. The molecule has 1 unspecified atom stereocenters. The first-order valence-electron chi connectivity index (χ1n) is 5.40. The molecule has 1 atom stereocenters. The molecule has 1 aliphatic rings. The highest BCUT2D eigenvalue weighted by Gasteiger charge is 2.30. The molecule has 0 heterocycles. The van der Waals surface area contributed by atoms with Gasteiger partial charge >= 0.3 is 0 Å². The third-order valence-corrected chi connectivity index (χ3v) is 2.93. The fourth-order valence-corrected chi connectivity index (χ4v) is 2.29. The lowest BCUT2D eigenvalue weighted by molar-refractivity contribution is 0.0921. The Labute approximate surface area is 89.3 Å². The monoisotopic (exact) mass is 206 g/mol. The van der Waals surface area contributed by atoms with Gasteiger partial charge in [0.2, 0.25) is 0 Å². The first kappa shape index (κ1) is 10.3. The van der Waals surface area contributed by atoms with E-state index in [0.29, 0.717) is 11.5 Å². The summed E-state index contributed by atoms with van der Waals surface area (Å²) in [7, 11) is 0. The van der Waals surface area contributed by atoms with Gasteiger partial charge in [0.1, 0.15) is 5.82 Å². The number of hydrogen-bond donors (Lipinski definition) is 0. The van der Waals surface area contributed by atoms with Gasteiger partial charge in [-0.2, -0.15) is 0 Å². The van der Waals surface area contributed by atoms with Crippen molar-refractivity contribution in [3.05, 3.63) is 35.1 Å². The van der Waals surface area contributed by atoms with Crippen molar-refractivity contribution in [2.45, 2.75) is 26.7 Å². The number of rotatable bonds is 2. The molecule has 0 radical (unpaired) electrons. The number of ketones is 1. The molecule has 1 nitrogen and oxygen atoms in total. The molecule has 80 valence electrons. The van der Waals surface area contributed by atoms with Gasteiger partial charge in [0.15, 0.2) is 5.78 Å². The van der Waals surface area contributed by atoms with Crippen molar-refractivity contribution < 1.29 is 9.18 Å². The van der Waals surface area contributed by atoms with E-state index >= 15 is 0 Å². The zero-order valence-electron chi connectivity index (χ0n) is 9.09. The number of halogens is 1. The van der Waals surface area contributed by atoms with E-state index in [1.54, 1.807) is 6.07 Å². The number of carbonyl (C=O) groups is 1. The minimum absolute atomic E-state index is 0.0711. The van der Waals surface area contributed by atoms with Crippen LogP contribution in [0.4, 0.5) is 4.39 Å². The van der Waals surface area contributed by atoms with Crippen LogP contribution >= 0.6 is 0 Å². The maximum Gasteiger partial charge on any atom is 0.166 e. The predicted molar refractivity (Wildman–Crippen MR) is 57.4 cm³/mol. The van der Waals surface area contributed by atoms with Crippen molar-refractivity contribution in [3.8, 4) is 0 Å². The predicted octanol–water partition coefficient (Wildman–Crippen LogP) is 3.23. The van der Waals surface area contributed by atoms with Crippen molar-refractivity contribution in [2.75, 3.05) is 0 Å². The Hall–Kier alpha value is -1.18. The zero-order chi connectivity index (χ0) is 11.0. The minimum Gasteiger partial charge on any atom is -0.294 e. The van der Waals surface area contributed by atoms with Gasteiger partial charge in [-0.25, -0.2) is 4.39 Å². The van der Waals surface area contributed by atoms with Crippen LogP contribution in [0, 0.1) is 17.7 Å². The molecule has 1 aliphatic carbocycles. The van der Waals surface area contributed by atoms with E-state index in [1.165, 1.54) is 12.1 Å². The molecule has 1 aromatic rings. The Bertz CT molecular complexity index is 396. The van der Waals surface area contributed by atoms with E-state index in [0.717, 1.165) is 18.4 Å². The number of fused-ring (bicyclic) bond motifs is 1. The number of hydrogen-bond acceptors (Lipinski definition) is 1. The van der Waals surface area contributed by atoms with Crippen molar-refractivity contribution in [3.63, 3.8) is 0 Å². The van der Waals surface area contributed by atoms with Gasteiger partial charge in [-0.15, -0.1) is 0 Å². The fraction of sp³-hybridized carbons (Fsp3) is 0.462. The largest absolute Gasteiger partial charge is 0.294 e. The number of carbonyl (C=O) groups excluding carboxylic acids is 1. The van der Waals surface area contributed by atoms with Crippen molar-refractivity contribution >= 4 is 5.78 Å². The van der Waals surface area contributed by atoms with Crippen LogP contribution in [-0.4, -0.2) is 5.78 Å². The molecule has 0 spiro atoms. The van der Waals surface area contributed by atoms with Crippen molar-refractivity contribution in [2.24, 2.45) is 11.8 Å². The highest BCUT2D eigenvalue weighted by atomic mass is 19.1.